The monoisotopic (exact) mass is 509 g/mol. The summed E-state index contributed by atoms with van der Waals surface area (Å²) in [5.41, 5.74) is 1.16. The third-order valence-electron chi connectivity index (χ3n) is 3.46. The van der Waals surface area contributed by atoms with Crippen molar-refractivity contribution in [1.29, 1.82) is 0 Å². The van der Waals surface area contributed by atoms with E-state index in [-0.39, 0.29) is 42.5 Å². The fourth-order valence-corrected chi connectivity index (χ4v) is 2.55. The van der Waals surface area contributed by atoms with Gasteiger partial charge in [0.15, 0.2) is 5.96 Å². The van der Waals surface area contributed by atoms with Crippen LogP contribution in [0.4, 0.5) is 4.79 Å². The van der Waals surface area contributed by atoms with Crippen LogP contribution in [0, 0.1) is 0 Å². The van der Waals surface area contributed by atoms with Crippen molar-refractivity contribution in [1.82, 2.24) is 20.4 Å². The highest BCUT2D eigenvalue weighted by Crippen LogP contribution is 2.11. The lowest BCUT2D eigenvalue weighted by molar-refractivity contribution is -0.124. The van der Waals surface area contributed by atoms with Crippen LogP contribution in [0.15, 0.2) is 33.7 Å². The SMILES string of the molecule is CN=C(NCCN1C(=O)CNC1=O)N(C)Cc1ccc(Br)cc1.I. The maximum absolute atomic E-state index is 11.5. The summed E-state index contributed by atoms with van der Waals surface area (Å²) in [5.74, 6) is 0.509. The lowest BCUT2D eigenvalue weighted by Gasteiger charge is -2.23. The summed E-state index contributed by atoms with van der Waals surface area (Å²) in [7, 11) is 3.64. The number of imide groups is 1. The Morgan fingerprint density at radius 2 is 2.04 bits per heavy atom. The molecule has 3 amide bonds. The highest BCUT2D eigenvalue weighted by Gasteiger charge is 2.27. The average molecular weight is 510 g/mol. The maximum Gasteiger partial charge on any atom is 0.324 e. The molecule has 0 atom stereocenters. The molecule has 132 valence electrons. The second kappa shape index (κ2) is 9.82. The van der Waals surface area contributed by atoms with E-state index in [0.29, 0.717) is 25.6 Å². The van der Waals surface area contributed by atoms with Gasteiger partial charge in [0.25, 0.3) is 0 Å². The van der Waals surface area contributed by atoms with Gasteiger partial charge in [-0.1, -0.05) is 28.1 Å². The standard InChI is InChI=1S/C15H20BrN5O2.HI/c1-17-14(18-7-8-21-13(22)9-19-15(21)23)20(2)10-11-3-5-12(16)6-4-11;/h3-6H,7-10H2,1-2H3,(H,17,18)(H,19,23);1H. The van der Waals surface area contributed by atoms with E-state index in [9.17, 15) is 9.59 Å². The number of hydrogen-bond donors (Lipinski definition) is 2. The minimum atomic E-state index is -0.338. The second-order valence-corrected chi connectivity index (χ2v) is 6.08. The largest absolute Gasteiger partial charge is 0.354 e. The summed E-state index contributed by atoms with van der Waals surface area (Å²) in [4.78, 5) is 30.4. The average Bonchev–Trinajstić information content (AvgIpc) is 2.85. The molecule has 1 aromatic rings. The van der Waals surface area contributed by atoms with Crippen molar-refractivity contribution in [2.45, 2.75) is 6.54 Å². The van der Waals surface area contributed by atoms with Crippen LogP contribution in [0.2, 0.25) is 0 Å². The summed E-state index contributed by atoms with van der Waals surface area (Å²) < 4.78 is 1.04. The maximum atomic E-state index is 11.5. The Hall–Kier alpha value is -1.36. The highest BCUT2D eigenvalue weighted by atomic mass is 127. The Labute approximate surface area is 167 Å². The number of carbonyl (C=O) groups excluding carboxylic acids is 2. The van der Waals surface area contributed by atoms with Crippen LogP contribution >= 0.6 is 39.9 Å². The topological polar surface area (TPSA) is 77.0 Å². The van der Waals surface area contributed by atoms with Crippen LogP contribution in [0.1, 0.15) is 5.56 Å². The molecule has 9 heteroatoms. The van der Waals surface area contributed by atoms with Crippen LogP contribution in [-0.2, 0) is 11.3 Å². The first kappa shape index (κ1) is 20.7. The Balaban J connectivity index is 0.00000288. The van der Waals surface area contributed by atoms with Gasteiger partial charge < -0.3 is 15.5 Å². The zero-order chi connectivity index (χ0) is 16.8. The molecule has 2 N–H and O–H groups in total. The van der Waals surface area contributed by atoms with E-state index in [4.69, 9.17) is 0 Å². The number of guanidine groups is 1. The number of nitrogens with zero attached hydrogens (tertiary/aromatic N) is 3. The molecule has 7 nitrogen and oxygen atoms in total. The predicted octanol–water partition coefficient (Wildman–Crippen LogP) is 1.63. The zero-order valence-corrected chi connectivity index (χ0v) is 17.5. The van der Waals surface area contributed by atoms with Crippen LogP contribution < -0.4 is 10.6 Å². The molecule has 1 fully saturated rings. The number of nitrogens with one attached hydrogen (secondary N) is 2. The zero-order valence-electron chi connectivity index (χ0n) is 13.6. The van der Waals surface area contributed by atoms with Crippen molar-refractivity contribution in [3.8, 4) is 0 Å². The minimum Gasteiger partial charge on any atom is -0.354 e. The molecule has 0 aliphatic carbocycles. The molecule has 1 heterocycles. The molecular weight excluding hydrogens is 489 g/mol. The van der Waals surface area contributed by atoms with Crippen molar-refractivity contribution in [2.24, 2.45) is 4.99 Å². The van der Waals surface area contributed by atoms with Crippen LogP contribution in [0.3, 0.4) is 0 Å². The van der Waals surface area contributed by atoms with Crippen molar-refractivity contribution < 1.29 is 9.59 Å². The van der Waals surface area contributed by atoms with E-state index in [2.05, 4.69) is 31.6 Å². The van der Waals surface area contributed by atoms with Crippen molar-refractivity contribution in [2.75, 3.05) is 33.7 Å². The van der Waals surface area contributed by atoms with Gasteiger partial charge in [0.2, 0.25) is 5.91 Å². The van der Waals surface area contributed by atoms with Gasteiger partial charge in [-0.2, -0.15) is 0 Å². The normalized spacial score (nSPS) is 14.3. The lowest BCUT2D eigenvalue weighted by atomic mass is 10.2. The van der Waals surface area contributed by atoms with E-state index in [1.54, 1.807) is 7.05 Å². The molecule has 1 saturated heterocycles. The number of urea groups is 1. The molecule has 1 aromatic carbocycles. The first-order valence-electron chi connectivity index (χ1n) is 7.25. The van der Waals surface area contributed by atoms with E-state index >= 15 is 0 Å². The molecule has 1 aliphatic rings. The molecule has 1 aliphatic heterocycles. The number of aliphatic imine (C=N–C) groups is 1. The van der Waals surface area contributed by atoms with Gasteiger partial charge in [-0.3, -0.25) is 14.7 Å². The molecule has 0 saturated carbocycles. The number of carbonyl (C=O) groups is 2. The van der Waals surface area contributed by atoms with E-state index in [0.717, 1.165) is 10.0 Å². The summed E-state index contributed by atoms with van der Waals surface area (Å²) in [6, 6.07) is 7.74. The van der Waals surface area contributed by atoms with Gasteiger partial charge >= 0.3 is 6.03 Å². The molecule has 0 spiro atoms. The third kappa shape index (κ3) is 5.62. The molecule has 0 bridgehead atoms. The van der Waals surface area contributed by atoms with Crippen LogP contribution in [-0.4, -0.2) is 61.4 Å². The summed E-state index contributed by atoms with van der Waals surface area (Å²) >= 11 is 3.42. The molecule has 0 unspecified atom stereocenters. The summed E-state index contributed by atoms with van der Waals surface area (Å²) in [5, 5.41) is 5.66. The third-order valence-corrected chi connectivity index (χ3v) is 3.99. The number of halogens is 2. The van der Waals surface area contributed by atoms with Gasteiger partial charge in [0.05, 0.1) is 6.54 Å². The Morgan fingerprint density at radius 3 is 2.58 bits per heavy atom. The fourth-order valence-electron chi connectivity index (χ4n) is 2.28. The van der Waals surface area contributed by atoms with Crippen molar-refractivity contribution in [3.63, 3.8) is 0 Å². The Morgan fingerprint density at radius 1 is 1.38 bits per heavy atom. The second-order valence-electron chi connectivity index (χ2n) is 5.16. The predicted molar refractivity (Wildman–Crippen MR) is 107 cm³/mol. The first-order valence-corrected chi connectivity index (χ1v) is 8.05. The molecule has 24 heavy (non-hydrogen) atoms. The number of amides is 3. The molecule has 0 radical (unpaired) electrons. The van der Waals surface area contributed by atoms with Crippen molar-refractivity contribution in [3.05, 3.63) is 34.3 Å². The minimum absolute atomic E-state index is 0. The molecule has 0 aromatic heterocycles. The van der Waals surface area contributed by atoms with E-state index in [1.165, 1.54) is 4.90 Å². The van der Waals surface area contributed by atoms with Crippen LogP contribution in [0.5, 0.6) is 0 Å². The number of benzene rings is 1. The quantitative estimate of drug-likeness (QED) is 0.274. The van der Waals surface area contributed by atoms with E-state index in [1.807, 2.05) is 36.2 Å². The van der Waals surface area contributed by atoms with Gasteiger partial charge in [0.1, 0.15) is 0 Å². The summed E-state index contributed by atoms with van der Waals surface area (Å²) in [6.45, 7) is 1.55. The van der Waals surface area contributed by atoms with E-state index < -0.39 is 0 Å². The smallest absolute Gasteiger partial charge is 0.324 e. The number of hydrogen-bond acceptors (Lipinski definition) is 3. The Bertz CT molecular complexity index is 592. The summed E-state index contributed by atoms with van der Waals surface area (Å²) in [6.07, 6.45) is 0. The lowest BCUT2D eigenvalue weighted by Crippen LogP contribution is -2.43. The number of rotatable bonds is 5. The molecular formula is C15H21BrIN5O2. The Kier molecular flexibility index (Phi) is 8.46. The van der Waals surface area contributed by atoms with Gasteiger partial charge in [-0.25, -0.2) is 4.79 Å². The van der Waals surface area contributed by atoms with Crippen molar-refractivity contribution >= 4 is 57.8 Å². The van der Waals surface area contributed by atoms with Gasteiger partial charge in [-0.05, 0) is 17.7 Å². The molecule has 2 rings (SSSR count). The van der Waals surface area contributed by atoms with Gasteiger partial charge in [0, 0.05) is 38.2 Å². The van der Waals surface area contributed by atoms with Gasteiger partial charge in [-0.15, -0.1) is 24.0 Å². The first-order chi connectivity index (χ1) is 11.0. The highest BCUT2D eigenvalue weighted by molar-refractivity contribution is 14.0. The van der Waals surface area contributed by atoms with Crippen LogP contribution in [0.25, 0.3) is 0 Å². The fraction of sp³-hybridized carbons (Fsp3) is 0.400.